The van der Waals surface area contributed by atoms with E-state index in [9.17, 15) is 14.7 Å². The first kappa shape index (κ1) is 17.6. The van der Waals surface area contributed by atoms with Crippen LogP contribution in [0.3, 0.4) is 0 Å². The fraction of sp³-hybridized carbons (Fsp3) is 0.333. The lowest BCUT2D eigenvalue weighted by atomic mass is 10.0. The summed E-state index contributed by atoms with van der Waals surface area (Å²) in [5, 5.41) is 9.68. The number of hydrogen-bond donors (Lipinski definition) is 1. The van der Waals surface area contributed by atoms with Crippen molar-refractivity contribution in [3.05, 3.63) is 40.6 Å². The molecule has 1 aliphatic heterocycles. The van der Waals surface area contributed by atoms with Gasteiger partial charge in [0.1, 0.15) is 0 Å². The lowest BCUT2D eigenvalue weighted by Crippen LogP contribution is -2.25. The molecule has 0 saturated heterocycles. The summed E-state index contributed by atoms with van der Waals surface area (Å²) in [5.74, 6) is -0.483. The third-order valence-electron chi connectivity index (χ3n) is 3.86. The third kappa shape index (κ3) is 3.13. The number of carbonyl (C=O) groups excluding carboxylic acids is 2. The van der Waals surface area contributed by atoms with E-state index in [-0.39, 0.29) is 22.8 Å². The van der Waals surface area contributed by atoms with Gasteiger partial charge in [-0.25, -0.2) is 4.79 Å². The molecule has 0 unspecified atom stereocenters. The van der Waals surface area contributed by atoms with Gasteiger partial charge in [-0.2, -0.15) is 0 Å². The molecular weight excluding hydrogens is 310 g/mol. The van der Waals surface area contributed by atoms with E-state index in [0.29, 0.717) is 23.6 Å². The van der Waals surface area contributed by atoms with Crippen LogP contribution in [0.15, 0.2) is 35.0 Å². The first-order valence-electron chi connectivity index (χ1n) is 7.64. The number of esters is 1. The first-order valence-corrected chi connectivity index (χ1v) is 7.64. The molecule has 1 aliphatic rings. The molecule has 2 rings (SSSR count). The van der Waals surface area contributed by atoms with Gasteiger partial charge in [0.15, 0.2) is 11.5 Å². The molecule has 0 aliphatic carbocycles. The van der Waals surface area contributed by atoms with Crippen LogP contribution < -0.4 is 4.74 Å². The summed E-state index contributed by atoms with van der Waals surface area (Å²) in [7, 11) is 2.73. The molecule has 0 aromatic heterocycles. The predicted molar refractivity (Wildman–Crippen MR) is 89.4 cm³/mol. The highest BCUT2D eigenvalue weighted by molar-refractivity contribution is 6.16. The topological polar surface area (TPSA) is 76.1 Å². The second kappa shape index (κ2) is 7.21. The van der Waals surface area contributed by atoms with Crippen molar-refractivity contribution in [1.29, 1.82) is 0 Å². The number of ether oxygens (including phenoxy) is 2. The fourth-order valence-corrected chi connectivity index (χ4v) is 2.67. The second-order valence-electron chi connectivity index (χ2n) is 5.40. The largest absolute Gasteiger partial charge is 0.504 e. The van der Waals surface area contributed by atoms with Crippen molar-refractivity contribution >= 4 is 18.0 Å². The third-order valence-corrected chi connectivity index (χ3v) is 3.86. The predicted octanol–water partition coefficient (Wildman–Crippen LogP) is 2.48. The van der Waals surface area contributed by atoms with Crippen LogP contribution in [0.1, 0.15) is 25.8 Å². The van der Waals surface area contributed by atoms with E-state index in [4.69, 9.17) is 9.47 Å². The quantitative estimate of drug-likeness (QED) is 0.663. The van der Waals surface area contributed by atoms with Crippen molar-refractivity contribution in [1.82, 2.24) is 4.90 Å². The molecule has 1 heterocycles. The van der Waals surface area contributed by atoms with Crippen LogP contribution in [0, 0.1) is 0 Å². The Balaban J connectivity index is 2.53. The average Bonchev–Trinajstić information content (AvgIpc) is 2.80. The van der Waals surface area contributed by atoms with Crippen LogP contribution >= 0.6 is 0 Å². The highest BCUT2D eigenvalue weighted by Crippen LogP contribution is 2.33. The van der Waals surface area contributed by atoms with Crippen molar-refractivity contribution < 1.29 is 24.2 Å². The number of nitrogens with zero attached hydrogens (tertiary/aromatic N) is 1. The van der Waals surface area contributed by atoms with E-state index < -0.39 is 5.97 Å². The molecule has 1 aromatic rings. The highest BCUT2D eigenvalue weighted by Gasteiger charge is 2.36. The summed E-state index contributed by atoms with van der Waals surface area (Å²) in [6, 6.07) is 4.72. The molecule has 1 aromatic carbocycles. The number of rotatable bonds is 5. The zero-order chi connectivity index (χ0) is 17.9. The zero-order valence-electron chi connectivity index (χ0n) is 14.3. The van der Waals surface area contributed by atoms with Gasteiger partial charge in [0.25, 0.3) is 5.91 Å². The summed E-state index contributed by atoms with van der Waals surface area (Å²) in [6.45, 7) is 4.23. The summed E-state index contributed by atoms with van der Waals surface area (Å²) >= 11 is 0. The number of phenols is 1. The summed E-state index contributed by atoms with van der Waals surface area (Å²) in [4.78, 5) is 26.4. The van der Waals surface area contributed by atoms with Crippen molar-refractivity contribution in [2.24, 2.45) is 0 Å². The molecule has 0 atom stereocenters. The monoisotopic (exact) mass is 331 g/mol. The Morgan fingerprint density at radius 3 is 2.62 bits per heavy atom. The lowest BCUT2D eigenvalue weighted by molar-refractivity contribution is -0.136. The average molecular weight is 331 g/mol. The molecule has 0 fully saturated rings. The van der Waals surface area contributed by atoms with Gasteiger partial charge in [0.05, 0.1) is 25.4 Å². The van der Waals surface area contributed by atoms with E-state index in [1.165, 1.54) is 20.3 Å². The number of amides is 1. The molecular formula is C18H21NO5. The summed E-state index contributed by atoms with van der Waals surface area (Å²) in [6.07, 6.45) is 2.38. The first-order chi connectivity index (χ1) is 11.4. The Morgan fingerprint density at radius 2 is 2.04 bits per heavy atom. The molecule has 1 N–H and O–H groups in total. The normalized spacial score (nSPS) is 16.1. The van der Waals surface area contributed by atoms with Crippen LogP contribution in [0.5, 0.6) is 11.5 Å². The van der Waals surface area contributed by atoms with Crippen molar-refractivity contribution in [2.75, 3.05) is 20.8 Å². The molecule has 6 nitrogen and oxygen atoms in total. The van der Waals surface area contributed by atoms with E-state index in [2.05, 4.69) is 0 Å². The molecule has 24 heavy (non-hydrogen) atoms. The Kier molecular flexibility index (Phi) is 5.28. The molecule has 6 heteroatoms. The summed E-state index contributed by atoms with van der Waals surface area (Å²) in [5.41, 5.74) is 1.77. The molecule has 1 amide bonds. The molecule has 0 bridgehead atoms. The smallest absolute Gasteiger partial charge is 0.340 e. The number of methoxy groups -OCH3 is 2. The lowest BCUT2D eigenvalue weighted by Gasteiger charge is -2.16. The fourth-order valence-electron chi connectivity index (χ4n) is 2.67. The maximum atomic E-state index is 12.7. The highest BCUT2D eigenvalue weighted by atomic mass is 16.5. The molecule has 0 saturated carbocycles. The Morgan fingerprint density at radius 1 is 1.33 bits per heavy atom. The Bertz CT molecular complexity index is 733. The Hall–Kier alpha value is -2.76. The molecule has 0 radical (unpaired) electrons. The minimum absolute atomic E-state index is 0.00456. The summed E-state index contributed by atoms with van der Waals surface area (Å²) < 4.78 is 9.91. The van der Waals surface area contributed by atoms with Gasteiger partial charge in [-0.05, 0) is 37.1 Å². The van der Waals surface area contributed by atoms with E-state index in [1.54, 1.807) is 30.0 Å². The van der Waals surface area contributed by atoms with Gasteiger partial charge in [0.2, 0.25) is 0 Å². The van der Waals surface area contributed by atoms with Crippen LogP contribution in [0.4, 0.5) is 0 Å². The van der Waals surface area contributed by atoms with Gasteiger partial charge >= 0.3 is 5.97 Å². The molecule has 128 valence electrons. The van der Waals surface area contributed by atoms with Crippen molar-refractivity contribution in [3.8, 4) is 11.5 Å². The number of phenolic OH excluding ortho intramolecular Hbond substituents is 1. The second-order valence-corrected chi connectivity index (χ2v) is 5.40. The number of allylic oxidation sites excluding steroid dienone is 1. The number of hydrogen-bond acceptors (Lipinski definition) is 5. The maximum absolute atomic E-state index is 12.7. The molecule has 0 spiro atoms. The van der Waals surface area contributed by atoms with Crippen LogP contribution in [-0.2, 0) is 14.3 Å². The van der Waals surface area contributed by atoms with Gasteiger partial charge in [-0.1, -0.05) is 13.0 Å². The van der Waals surface area contributed by atoms with Crippen LogP contribution in [0.25, 0.3) is 6.08 Å². The number of carbonyl (C=O) groups is 2. The van der Waals surface area contributed by atoms with E-state index in [0.717, 1.165) is 6.42 Å². The van der Waals surface area contributed by atoms with Gasteiger partial charge in [-0.3, -0.25) is 4.79 Å². The van der Waals surface area contributed by atoms with E-state index in [1.807, 2.05) is 6.92 Å². The van der Waals surface area contributed by atoms with Crippen molar-refractivity contribution in [3.63, 3.8) is 0 Å². The SMILES string of the molecule is CCCN1C(=O)C(=Cc2ccc(O)c(OC)c2)C(C(=O)OC)=C1C. The van der Waals surface area contributed by atoms with Crippen LogP contribution in [-0.4, -0.2) is 42.6 Å². The minimum Gasteiger partial charge on any atom is -0.504 e. The van der Waals surface area contributed by atoms with Crippen LogP contribution in [0.2, 0.25) is 0 Å². The van der Waals surface area contributed by atoms with E-state index >= 15 is 0 Å². The van der Waals surface area contributed by atoms with Gasteiger partial charge in [-0.15, -0.1) is 0 Å². The standard InChI is InChI=1S/C18H21NO5/c1-5-8-19-11(2)16(18(22)24-4)13(17(19)21)9-12-6-7-14(20)15(10-12)23-3/h6-7,9-10,20H,5,8H2,1-4H3. The maximum Gasteiger partial charge on any atom is 0.340 e. The number of benzene rings is 1. The minimum atomic E-state index is -0.545. The van der Waals surface area contributed by atoms with Crippen molar-refractivity contribution in [2.45, 2.75) is 20.3 Å². The van der Waals surface area contributed by atoms with Gasteiger partial charge < -0.3 is 19.5 Å². The van der Waals surface area contributed by atoms with Gasteiger partial charge in [0, 0.05) is 12.2 Å². The number of aromatic hydroxyl groups is 1. The zero-order valence-corrected chi connectivity index (χ0v) is 14.3. The Labute approximate surface area is 141 Å².